The lowest BCUT2D eigenvalue weighted by Crippen LogP contribution is -2.31. The van der Waals surface area contributed by atoms with Gasteiger partial charge in [-0.05, 0) is 44.2 Å². The van der Waals surface area contributed by atoms with E-state index >= 15 is 0 Å². The second kappa shape index (κ2) is 6.49. The molecule has 0 aliphatic heterocycles. The third-order valence-electron chi connectivity index (χ3n) is 3.65. The monoisotopic (exact) mass is 345 g/mol. The van der Waals surface area contributed by atoms with E-state index in [0.29, 0.717) is 28.2 Å². The number of aromatic nitrogens is 2. The van der Waals surface area contributed by atoms with E-state index in [4.69, 9.17) is 16.0 Å². The van der Waals surface area contributed by atoms with Gasteiger partial charge in [0.25, 0.3) is 5.91 Å². The fraction of sp³-hybridized carbons (Fsp3) is 0.235. The zero-order valence-corrected chi connectivity index (χ0v) is 14.1. The first-order chi connectivity index (χ1) is 11.5. The lowest BCUT2D eigenvalue weighted by molar-refractivity contribution is 0.0939. The van der Waals surface area contributed by atoms with Crippen LogP contribution in [0.3, 0.4) is 0 Å². The van der Waals surface area contributed by atoms with Gasteiger partial charge in [-0.2, -0.15) is 5.10 Å². The number of hydrogen-bond acceptors (Lipinski definition) is 4. The van der Waals surface area contributed by atoms with Crippen LogP contribution in [-0.4, -0.2) is 15.7 Å². The Labute approximate surface area is 143 Å². The number of carbonyl (C=O) groups excluding carboxylic acids is 1. The fourth-order valence-electron chi connectivity index (χ4n) is 2.48. The molecule has 0 spiro atoms. The maximum absolute atomic E-state index is 12.6. The summed E-state index contributed by atoms with van der Waals surface area (Å²) in [6, 6.07) is 8.55. The van der Waals surface area contributed by atoms with Gasteiger partial charge in [0.2, 0.25) is 5.43 Å². The lowest BCUT2D eigenvalue weighted by Gasteiger charge is -2.10. The molecule has 0 aliphatic rings. The SMILES string of the molecule is CCn1nc(C(=O)NCc2ccc(C)o2)c(=O)c2cc(Cl)ccc21. The number of furan rings is 1. The number of carbonyl (C=O) groups is 1. The number of halogens is 1. The number of rotatable bonds is 4. The average molecular weight is 346 g/mol. The Bertz CT molecular complexity index is 975. The summed E-state index contributed by atoms with van der Waals surface area (Å²) < 4.78 is 7.01. The summed E-state index contributed by atoms with van der Waals surface area (Å²) in [5.41, 5.74) is 0.0466. The summed E-state index contributed by atoms with van der Waals surface area (Å²) in [5.74, 6) is 0.824. The van der Waals surface area contributed by atoms with Gasteiger partial charge in [0.05, 0.1) is 17.4 Å². The quantitative estimate of drug-likeness (QED) is 0.788. The highest BCUT2D eigenvalue weighted by Crippen LogP contribution is 2.16. The van der Waals surface area contributed by atoms with Crippen molar-refractivity contribution in [3.8, 4) is 0 Å². The van der Waals surface area contributed by atoms with E-state index in [1.54, 1.807) is 28.9 Å². The highest BCUT2D eigenvalue weighted by molar-refractivity contribution is 6.31. The molecule has 124 valence electrons. The first kappa shape index (κ1) is 16.3. The zero-order valence-electron chi connectivity index (χ0n) is 13.3. The molecule has 0 fully saturated rings. The third-order valence-corrected chi connectivity index (χ3v) is 3.89. The van der Waals surface area contributed by atoms with Crippen LogP contribution in [0.25, 0.3) is 10.9 Å². The van der Waals surface area contributed by atoms with Gasteiger partial charge in [0.1, 0.15) is 11.5 Å². The van der Waals surface area contributed by atoms with Crippen molar-refractivity contribution in [1.29, 1.82) is 0 Å². The topological polar surface area (TPSA) is 77.1 Å². The summed E-state index contributed by atoms with van der Waals surface area (Å²) in [7, 11) is 0. The van der Waals surface area contributed by atoms with Crippen LogP contribution in [0, 0.1) is 6.92 Å². The Morgan fingerprint density at radius 2 is 2.12 bits per heavy atom. The Balaban J connectivity index is 1.97. The molecule has 0 atom stereocenters. The minimum atomic E-state index is -0.543. The van der Waals surface area contributed by atoms with E-state index in [2.05, 4.69) is 10.4 Å². The van der Waals surface area contributed by atoms with Crippen LogP contribution in [0.4, 0.5) is 0 Å². The first-order valence-electron chi connectivity index (χ1n) is 7.53. The molecular weight excluding hydrogens is 330 g/mol. The molecule has 0 saturated carbocycles. The number of nitrogens with one attached hydrogen (secondary N) is 1. The molecular formula is C17H16ClN3O3. The molecule has 1 amide bonds. The number of hydrogen-bond donors (Lipinski definition) is 1. The van der Waals surface area contributed by atoms with Crippen LogP contribution < -0.4 is 10.7 Å². The summed E-state index contributed by atoms with van der Waals surface area (Å²) >= 11 is 5.98. The van der Waals surface area contributed by atoms with Crippen LogP contribution in [-0.2, 0) is 13.1 Å². The van der Waals surface area contributed by atoms with Crippen LogP contribution in [0.1, 0.15) is 28.9 Å². The lowest BCUT2D eigenvalue weighted by atomic mass is 10.2. The van der Waals surface area contributed by atoms with Crippen LogP contribution in [0.5, 0.6) is 0 Å². The molecule has 1 N–H and O–H groups in total. The molecule has 0 aliphatic carbocycles. The molecule has 1 aromatic carbocycles. The molecule has 2 aromatic heterocycles. The first-order valence-corrected chi connectivity index (χ1v) is 7.91. The van der Waals surface area contributed by atoms with E-state index in [1.807, 2.05) is 19.9 Å². The van der Waals surface area contributed by atoms with Crippen LogP contribution in [0.15, 0.2) is 39.5 Å². The van der Waals surface area contributed by atoms with Crippen molar-refractivity contribution in [3.05, 3.63) is 62.8 Å². The summed E-state index contributed by atoms with van der Waals surface area (Å²) in [4.78, 5) is 25.0. The van der Waals surface area contributed by atoms with Gasteiger partial charge in [-0.1, -0.05) is 11.6 Å². The second-order valence-electron chi connectivity index (χ2n) is 5.35. The van der Waals surface area contributed by atoms with E-state index in [1.165, 1.54) is 0 Å². The van der Waals surface area contributed by atoms with Gasteiger partial charge < -0.3 is 9.73 Å². The Kier molecular flexibility index (Phi) is 4.40. The molecule has 0 bridgehead atoms. The van der Waals surface area contributed by atoms with Crippen molar-refractivity contribution < 1.29 is 9.21 Å². The van der Waals surface area contributed by atoms with Gasteiger partial charge in [-0.25, -0.2) is 0 Å². The van der Waals surface area contributed by atoms with Crippen molar-refractivity contribution in [2.24, 2.45) is 0 Å². The largest absolute Gasteiger partial charge is 0.465 e. The Morgan fingerprint density at radius 3 is 2.79 bits per heavy atom. The van der Waals surface area contributed by atoms with Crippen LogP contribution >= 0.6 is 11.6 Å². The fourth-order valence-corrected chi connectivity index (χ4v) is 2.66. The minimum absolute atomic E-state index is 0.158. The molecule has 24 heavy (non-hydrogen) atoms. The van der Waals surface area contributed by atoms with Crippen molar-refractivity contribution in [2.75, 3.05) is 0 Å². The normalized spacial score (nSPS) is 11.0. The van der Waals surface area contributed by atoms with Crippen molar-refractivity contribution in [1.82, 2.24) is 15.1 Å². The van der Waals surface area contributed by atoms with Crippen LogP contribution in [0.2, 0.25) is 5.02 Å². The van der Waals surface area contributed by atoms with Crippen molar-refractivity contribution in [2.45, 2.75) is 26.9 Å². The highest BCUT2D eigenvalue weighted by atomic mass is 35.5. The van der Waals surface area contributed by atoms with E-state index in [9.17, 15) is 9.59 Å². The molecule has 3 aromatic rings. The molecule has 3 rings (SSSR count). The molecule has 0 radical (unpaired) electrons. The highest BCUT2D eigenvalue weighted by Gasteiger charge is 2.17. The van der Waals surface area contributed by atoms with Crippen molar-refractivity contribution in [3.63, 3.8) is 0 Å². The Morgan fingerprint density at radius 1 is 1.33 bits per heavy atom. The van der Waals surface area contributed by atoms with Crippen molar-refractivity contribution >= 4 is 28.4 Å². The number of nitrogens with zero attached hydrogens (tertiary/aromatic N) is 2. The second-order valence-corrected chi connectivity index (χ2v) is 5.79. The van der Waals surface area contributed by atoms with E-state index in [-0.39, 0.29) is 12.2 Å². The maximum Gasteiger partial charge on any atom is 0.276 e. The summed E-state index contributed by atoms with van der Waals surface area (Å²) in [6.45, 7) is 4.42. The molecule has 7 heteroatoms. The average Bonchev–Trinajstić information content (AvgIpc) is 2.99. The predicted octanol–water partition coefficient (Wildman–Crippen LogP) is 2.90. The van der Waals surface area contributed by atoms with E-state index < -0.39 is 11.3 Å². The minimum Gasteiger partial charge on any atom is -0.465 e. The summed E-state index contributed by atoms with van der Waals surface area (Å²) in [6.07, 6.45) is 0. The zero-order chi connectivity index (χ0) is 17.3. The molecule has 6 nitrogen and oxygen atoms in total. The third kappa shape index (κ3) is 3.05. The van der Waals surface area contributed by atoms with Gasteiger partial charge in [0, 0.05) is 11.6 Å². The number of aryl methyl sites for hydroxylation is 2. The van der Waals surface area contributed by atoms with Gasteiger partial charge >= 0.3 is 0 Å². The van der Waals surface area contributed by atoms with E-state index in [0.717, 1.165) is 5.76 Å². The Hall–Kier alpha value is -2.60. The number of benzene rings is 1. The maximum atomic E-state index is 12.6. The number of fused-ring (bicyclic) bond motifs is 1. The van der Waals surface area contributed by atoms with Gasteiger partial charge in [-0.15, -0.1) is 0 Å². The van der Waals surface area contributed by atoms with Gasteiger partial charge in [0.15, 0.2) is 5.69 Å². The molecule has 0 unspecified atom stereocenters. The predicted molar refractivity (Wildman–Crippen MR) is 91.3 cm³/mol. The summed E-state index contributed by atoms with van der Waals surface area (Å²) in [5, 5.41) is 7.65. The smallest absolute Gasteiger partial charge is 0.276 e. The molecule has 2 heterocycles. The number of amides is 1. The standard InChI is InChI=1S/C17H16ClN3O3/c1-3-21-14-7-5-11(18)8-13(14)16(22)15(20-21)17(23)19-9-12-6-4-10(2)24-12/h4-8H,3,9H2,1-2H3,(H,19,23). The molecule has 0 saturated heterocycles. The van der Waals surface area contributed by atoms with Gasteiger partial charge in [-0.3, -0.25) is 14.3 Å².